The van der Waals surface area contributed by atoms with Gasteiger partial charge in [-0.1, -0.05) is 59.3 Å². The number of ketones is 2. The Hall–Kier alpha value is -4.47. The summed E-state index contributed by atoms with van der Waals surface area (Å²) in [7, 11) is 0. The highest BCUT2D eigenvalue weighted by atomic mass is 35.5. The quantitative estimate of drug-likeness (QED) is 0.0960. The molecule has 1 amide bonds. The lowest BCUT2D eigenvalue weighted by Gasteiger charge is -2.24. The van der Waals surface area contributed by atoms with Crippen molar-refractivity contribution in [1.82, 2.24) is 4.98 Å². The van der Waals surface area contributed by atoms with Crippen molar-refractivity contribution in [1.29, 1.82) is 0 Å². The number of benzene rings is 3. The van der Waals surface area contributed by atoms with Gasteiger partial charge in [0.05, 0.1) is 28.8 Å². The largest absolute Gasteiger partial charge is 0.507 e. The predicted molar refractivity (Wildman–Crippen MR) is 161 cm³/mol. The number of amides is 1. The molecule has 1 aromatic heterocycles. The Morgan fingerprint density at radius 2 is 1.74 bits per heavy atom. The second-order valence-electron chi connectivity index (χ2n) is 9.56. The molecule has 8 nitrogen and oxygen atoms in total. The minimum absolute atomic E-state index is 0.125. The average Bonchev–Trinajstić information content (AvgIpc) is 3.49. The molecule has 5 rings (SSSR count). The Morgan fingerprint density at radius 3 is 2.38 bits per heavy atom. The second kappa shape index (κ2) is 12.2. The van der Waals surface area contributed by atoms with Crippen LogP contribution in [0.1, 0.15) is 51.9 Å². The summed E-state index contributed by atoms with van der Waals surface area (Å²) in [6.07, 6.45) is 0. The van der Waals surface area contributed by atoms with Crippen molar-refractivity contribution in [3.05, 3.63) is 111 Å². The standard InChI is InChI=1S/C32H27ClN2O6S/c1-4-40-25-16-22(12-15-24(25)41-17-20-8-6-5-7-9-20)27-26(28(37)21-10-13-23(33)14-11-21)29(38)31(39)35(27)32-34-18(2)30(42-32)19(3)36/h5-16,27,37H,4,17H2,1-3H3/b28-26+. The van der Waals surface area contributed by atoms with Crippen molar-refractivity contribution in [2.45, 2.75) is 33.4 Å². The molecule has 1 atom stereocenters. The van der Waals surface area contributed by atoms with Gasteiger partial charge in [-0.15, -0.1) is 0 Å². The van der Waals surface area contributed by atoms with Crippen LogP contribution < -0.4 is 14.4 Å². The number of nitrogens with zero attached hydrogens (tertiary/aromatic N) is 2. The molecule has 0 spiro atoms. The highest BCUT2D eigenvalue weighted by Gasteiger charge is 2.48. The number of ether oxygens (including phenoxy) is 2. The number of aliphatic hydroxyl groups is 1. The molecule has 0 saturated carbocycles. The summed E-state index contributed by atoms with van der Waals surface area (Å²) in [6.45, 7) is 5.56. The van der Waals surface area contributed by atoms with Gasteiger partial charge in [-0.3, -0.25) is 19.3 Å². The molecule has 0 bridgehead atoms. The Morgan fingerprint density at radius 1 is 1.02 bits per heavy atom. The zero-order valence-corrected chi connectivity index (χ0v) is 24.7. The zero-order chi connectivity index (χ0) is 30.0. The molecule has 1 aliphatic rings. The van der Waals surface area contributed by atoms with Gasteiger partial charge in [0.25, 0.3) is 5.78 Å². The first-order valence-electron chi connectivity index (χ1n) is 13.2. The van der Waals surface area contributed by atoms with Gasteiger partial charge in [-0.05, 0) is 61.4 Å². The molecule has 1 fully saturated rings. The number of hydrogen-bond donors (Lipinski definition) is 1. The zero-order valence-electron chi connectivity index (χ0n) is 23.1. The lowest BCUT2D eigenvalue weighted by molar-refractivity contribution is -0.132. The van der Waals surface area contributed by atoms with Crippen LogP contribution in [0.2, 0.25) is 5.02 Å². The van der Waals surface area contributed by atoms with E-state index in [1.807, 2.05) is 37.3 Å². The van der Waals surface area contributed by atoms with E-state index in [1.54, 1.807) is 49.4 Å². The van der Waals surface area contributed by atoms with E-state index in [0.717, 1.165) is 16.9 Å². The van der Waals surface area contributed by atoms with Crippen LogP contribution in [-0.4, -0.2) is 34.2 Å². The fourth-order valence-corrected chi connectivity index (χ4v) is 5.85. The minimum atomic E-state index is -1.06. The summed E-state index contributed by atoms with van der Waals surface area (Å²) in [5, 5.41) is 12.0. The molecule has 1 aliphatic heterocycles. The monoisotopic (exact) mass is 602 g/mol. The fourth-order valence-electron chi connectivity index (χ4n) is 4.74. The number of hydrogen-bond acceptors (Lipinski definition) is 8. The van der Waals surface area contributed by atoms with Gasteiger partial charge in [0.1, 0.15) is 12.4 Å². The van der Waals surface area contributed by atoms with Gasteiger partial charge in [-0.2, -0.15) is 0 Å². The van der Waals surface area contributed by atoms with Crippen molar-refractivity contribution in [3.8, 4) is 11.5 Å². The number of aliphatic hydroxyl groups excluding tert-OH is 1. The van der Waals surface area contributed by atoms with E-state index in [2.05, 4.69) is 4.98 Å². The smallest absolute Gasteiger partial charge is 0.301 e. The van der Waals surface area contributed by atoms with Crippen molar-refractivity contribution in [3.63, 3.8) is 0 Å². The van der Waals surface area contributed by atoms with Gasteiger partial charge in [0, 0.05) is 17.5 Å². The van der Waals surface area contributed by atoms with E-state index in [0.29, 0.717) is 51.4 Å². The number of thiazole rings is 1. The number of Topliss-reactive ketones (excluding diaryl/α,β-unsaturated/α-hetero) is 2. The van der Waals surface area contributed by atoms with Gasteiger partial charge in [-0.25, -0.2) is 4.98 Å². The molecule has 10 heteroatoms. The number of aromatic nitrogens is 1. The molecule has 1 unspecified atom stereocenters. The summed E-state index contributed by atoms with van der Waals surface area (Å²) in [4.78, 5) is 45.4. The maximum Gasteiger partial charge on any atom is 0.301 e. The van der Waals surface area contributed by atoms with Crippen LogP contribution in [-0.2, 0) is 16.2 Å². The Balaban J connectivity index is 1.65. The van der Waals surface area contributed by atoms with Crippen LogP contribution in [0.5, 0.6) is 11.5 Å². The van der Waals surface area contributed by atoms with Gasteiger partial charge in [0.2, 0.25) is 0 Å². The lowest BCUT2D eigenvalue weighted by atomic mass is 9.95. The molecule has 0 radical (unpaired) electrons. The van der Waals surface area contributed by atoms with Crippen LogP contribution >= 0.6 is 22.9 Å². The molecule has 0 aliphatic carbocycles. The summed E-state index contributed by atoms with van der Waals surface area (Å²) in [5.41, 5.74) is 2.09. The third-order valence-electron chi connectivity index (χ3n) is 6.69. The minimum Gasteiger partial charge on any atom is -0.507 e. The highest BCUT2D eigenvalue weighted by Crippen LogP contribution is 2.45. The number of anilines is 1. The Kier molecular flexibility index (Phi) is 8.42. The number of halogens is 1. The first kappa shape index (κ1) is 29.0. The summed E-state index contributed by atoms with van der Waals surface area (Å²) < 4.78 is 12.0. The maximum absolute atomic E-state index is 13.6. The molecule has 4 aromatic rings. The summed E-state index contributed by atoms with van der Waals surface area (Å²) >= 11 is 7.06. The maximum atomic E-state index is 13.6. The molecule has 1 saturated heterocycles. The normalized spacial score (nSPS) is 16.1. The van der Waals surface area contributed by atoms with Crippen molar-refractivity contribution >= 4 is 51.3 Å². The molecule has 3 aromatic carbocycles. The SMILES string of the molecule is CCOc1cc(C2/C(=C(\O)c3ccc(Cl)cc3)C(=O)C(=O)N2c2nc(C)c(C(C)=O)s2)ccc1OCc1ccccc1. The van der Waals surface area contributed by atoms with E-state index in [4.69, 9.17) is 21.1 Å². The molecule has 214 valence electrons. The third-order valence-corrected chi connectivity index (χ3v) is 8.20. The van der Waals surface area contributed by atoms with Crippen molar-refractivity contribution < 1.29 is 29.0 Å². The number of carbonyl (C=O) groups is 3. The third kappa shape index (κ3) is 5.66. The molecular formula is C32H27ClN2O6S. The summed E-state index contributed by atoms with van der Waals surface area (Å²) in [5.74, 6) is -1.44. The van der Waals surface area contributed by atoms with Crippen LogP contribution in [0.15, 0.2) is 78.4 Å². The molecule has 1 N–H and O–H groups in total. The Labute approximate surface area is 251 Å². The van der Waals surface area contributed by atoms with Gasteiger partial charge in [0.15, 0.2) is 22.4 Å². The summed E-state index contributed by atoms with van der Waals surface area (Å²) in [6, 6.07) is 20.0. The number of rotatable bonds is 9. The number of carbonyl (C=O) groups excluding carboxylic acids is 3. The van der Waals surface area contributed by atoms with Crippen molar-refractivity contribution in [2.24, 2.45) is 0 Å². The molecule has 42 heavy (non-hydrogen) atoms. The molecular weight excluding hydrogens is 576 g/mol. The van der Waals surface area contributed by atoms with Crippen LogP contribution in [0, 0.1) is 6.92 Å². The highest BCUT2D eigenvalue weighted by molar-refractivity contribution is 7.18. The second-order valence-corrected chi connectivity index (χ2v) is 11.0. The predicted octanol–water partition coefficient (Wildman–Crippen LogP) is 6.91. The van der Waals surface area contributed by atoms with Gasteiger partial charge >= 0.3 is 5.91 Å². The van der Waals surface area contributed by atoms with Crippen LogP contribution in [0.25, 0.3) is 5.76 Å². The van der Waals surface area contributed by atoms with E-state index in [-0.39, 0.29) is 22.2 Å². The van der Waals surface area contributed by atoms with Crippen molar-refractivity contribution in [2.75, 3.05) is 11.5 Å². The topological polar surface area (TPSA) is 106 Å². The fraction of sp³-hybridized carbons (Fsp3) is 0.188. The van der Waals surface area contributed by atoms with E-state index in [1.165, 1.54) is 11.8 Å². The van der Waals surface area contributed by atoms with Gasteiger partial charge < -0.3 is 14.6 Å². The van der Waals surface area contributed by atoms with Crippen LogP contribution in [0.4, 0.5) is 5.13 Å². The molecule has 2 heterocycles. The first-order chi connectivity index (χ1) is 20.2. The van der Waals surface area contributed by atoms with E-state index < -0.39 is 17.7 Å². The average molecular weight is 603 g/mol. The lowest BCUT2D eigenvalue weighted by Crippen LogP contribution is -2.29. The van der Waals surface area contributed by atoms with E-state index >= 15 is 0 Å². The Bertz CT molecular complexity index is 1700. The first-order valence-corrected chi connectivity index (χ1v) is 14.4. The number of aryl methyl sites for hydroxylation is 1. The van der Waals surface area contributed by atoms with E-state index in [9.17, 15) is 19.5 Å². The van der Waals surface area contributed by atoms with Crippen LogP contribution in [0.3, 0.4) is 0 Å².